The zero-order chi connectivity index (χ0) is 19.4. The molecule has 10 heteroatoms. The molecule has 4 N–H and O–H groups in total. The lowest BCUT2D eigenvalue weighted by Crippen LogP contribution is -2.33. The molecule has 1 atom stereocenters. The molecule has 1 aliphatic heterocycles. The van der Waals surface area contributed by atoms with Crippen molar-refractivity contribution < 1.29 is 23.5 Å². The molecule has 1 aromatic heterocycles. The van der Waals surface area contributed by atoms with E-state index in [1.165, 1.54) is 31.4 Å². The third-order valence-corrected chi connectivity index (χ3v) is 4.07. The molecule has 0 unspecified atom stereocenters. The van der Waals surface area contributed by atoms with Crippen LogP contribution in [-0.4, -0.2) is 43.6 Å². The summed E-state index contributed by atoms with van der Waals surface area (Å²) in [6, 6.07) is 7.03. The second kappa shape index (κ2) is 9.45. The molecule has 1 aliphatic rings. The van der Waals surface area contributed by atoms with Crippen molar-refractivity contribution in [3.63, 3.8) is 0 Å². The highest BCUT2D eigenvalue weighted by atomic mass is 35.5. The van der Waals surface area contributed by atoms with Crippen LogP contribution in [-0.2, 0) is 4.74 Å². The van der Waals surface area contributed by atoms with Crippen molar-refractivity contribution in [1.29, 1.82) is 0 Å². The van der Waals surface area contributed by atoms with E-state index in [2.05, 4.69) is 15.6 Å². The van der Waals surface area contributed by atoms with E-state index in [1.54, 1.807) is 6.07 Å². The standard InChI is InChI=1S/C18H19FN4O4.ClH/c1-26-16-8-11(7-14(22-16)17(20)24)18(25)23-13-3-2-10(6-12(13)19)15-9-21-4-5-27-15;/h2-3,6-8,15,21H,4-5,9H2,1H3,(H2,20,24)(H,23,25);1H/t15-;/m1./s1. The summed E-state index contributed by atoms with van der Waals surface area (Å²) in [5, 5.41) is 5.64. The summed E-state index contributed by atoms with van der Waals surface area (Å²) < 4.78 is 25.0. The summed E-state index contributed by atoms with van der Waals surface area (Å²) >= 11 is 0. The molecule has 2 heterocycles. The number of carbonyl (C=O) groups excluding carboxylic acids is 2. The molecule has 1 fully saturated rings. The number of aromatic nitrogens is 1. The fourth-order valence-electron chi connectivity index (χ4n) is 2.67. The van der Waals surface area contributed by atoms with E-state index in [0.29, 0.717) is 18.7 Å². The van der Waals surface area contributed by atoms with Gasteiger partial charge in [0.2, 0.25) is 5.88 Å². The van der Waals surface area contributed by atoms with Crippen molar-refractivity contribution in [2.75, 3.05) is 32.1 Å². The SMILES string of the molecule is COc1cc(C(=O)Nc2ccc([C@H]3CNCCO3)cc2F)cc(C(N)=O)n1.Cl. The van der Waals surface area contributed by atoms with E-state index in [9.17, 15) is 14.0 Å². The van der Waals surface area contributed by atoms with Gasteiger partial charge in [-0.25, -0.2) is 9.37 Å². The largest absolute Gasteiger partial charge is 0.481 e. The topological polar surface area (TPSA) is 116 Å². The van der Waals surface area contributed by atoms with E-state index in [4.69, 9.17) is 15.2 Å². The van der Waals surface area contributed by atoms with Crippen molar-refractivity contribution in [3.8, 4) is 5.88 Å². The third kappa shape index (κ3) is 4.94. The summed E-state index contributed by atoms with van der Waals surface area (Å²) in [6.45, 7) is 1.91. The van der Waals surface area contributed by atoms with Gasteiger partial charge in [0.05, 0.1) is 25.5 Å². The highest BCUT2D eigenvalue weighted by Gasteiger charge is 2.19. The van der Waals surface area contributed by atoms with Gasteiger partial charge in [-0.1, -0.05) is 6.07 Å². The van der Waals surface area contributed by atoms with Crippen molar-refractivity contribution in [2.45, 2.75) is 6.10 Å². The Labute approximate surface area is 167 Å². The minimum absolute atomic E-state index is 0. The number of hydrogen-bond donors (Lipinski definition) is 3. The summed E-state index contributed by atoms with van der Waals surface area (Å²) in [5.74, 6) is -1.97. The Hall–Kier alpha value is -2.75. The van der Waals surface area contributed by atoms with Gasteiger partial charge in [-0.2, -0.15) is 0 Å². The summed E-state index contributed by atoms with van der Waals surface area (Å²) in [7, 11) is 1.34. The van der Waals surface area contributed by atoms with Crippen LogP contribution in [0.15, 0.2) is 30.3 Å². The minimum atomic E-state index is -0.806. The molecule has 2 aromatic rings. The first-order valence-electron chi connectivity index (χ1n) is 8.27. The van der Waals surface area contributed by atoms with Crippen LogP contribution in [0.1, 0.15) is 32.5 Å². The van der Waals surface area contributed by atoms with Gasteiger partial charge < -0.3 is 25.8 Å². The summed E-state index contributed by atoms with van der Waals surface area (Å²) in [4.78, 5) is 27.6. The van der Waals surface area contributed by atoms with E-state index in [-0.39, 0.29) is 41.3 Å². The number of nitrogens with zero attached hydrogens (tertiary/aromatic N) is 1. The maximum atomic E-state index is 14.4. The quantitative estimate of drug-likeness (QED) is 0.690. The van der Waals surface area contributed by atoms with Gasteiger partial charge in [-0.3, -0.25) is 9.59 Å². The molecule has 28 heavy (non-hydrogen) atoms. The van der Waals surface area contributed by atoms with Gasteiger partial charge in [0.25, 0.3) is 11.8 Å². The molecule has 8 nitrogen and oxygen atoms in total. The lowest BCUT2D eigenvalue weighted by atomic mass is 10.1. The number of amides is 2. The molecule has 3 rings (SSSR count). The highest BCUT2D eigenvalue weighted by Crippen LogP contribution is 2.24. The molecule has 0 radical (unpaired) electrons. The van der Waals surface area contributed by atoms with E-state index < -0.39 is 17.6 Å². The second-order valence-corrected chi connectivity index (χ2v) is 5.90. The van der Waals surface area contributed by atoms with Gasteiger partial charge in [0, 0.05) is 24.7 Å². The summed E-state index contributed by atoms with van der Waals surface area (Å²) in [6.07, 6.45) is -0.236. The number of anilines is 1. The minimum Gasteiger partial charge on any atom is -0.481 e. The number of primary amides is 1. The van der Waals surface area contributed by atoms with Crippen LogP contribution in [0, 0.1) is 5.82 Å². The van der Waals surface area contributed by atoms with Crippen molar-refractivity contribution >= 4 is 29.9 Å². The molecule has 0 spiro atoms. The molecular formula is C18H20ClFN4O4. The number of benzene rings is 1. The van der Waals surface area contributed by atoms with Crippen LogP contribution >= 0.6 is 12.4 Å². The Balaban J connectivity index is 0.00000280. The number of halogens is 2. The summed E-state index contributed by atoms with van der Waals surface area (Å²) in [5.41, 5.74) is 5.83. The smallest absolute Gasteiger partial charge is 0.267 e. The Morgan fingerprint density at radius 2 is 2.14 bits per heavy atom. The van der Waals surface area contributed by atoms with Crippen LogP contribution in [0.3, 0.4) is 0 Å². The number of rotatable bonds is 5. The third-order valence-electron chi connectivity index (χ3n) is 4.07. The Morgan fingerprint density at radius 3 is 2.75 bits per heavy atom. The second-order valence-electron chi connectivity index (χ2n) is 5.90. The van der Waals surface area contributed by atoms with Gasteiger partial charge in [0.1, 0.15) is 11.5 Å². The first-order chi connectivity index (χ1) is 13.0. The van der Waals surface area contributed by atoms with Crippen LogP contribution < -0.4 is 21.1 Å². The molecule has 0 aliphatic carbocycles. The Bertz CT molecular complexity index is 875. The van der Waals surface area contributed by atoms with Crippen molar-refractivity contribution in [3.05, 3.63) is 53.0 Å². The van der Waals surface area contributed by atoms with E-state index in [0.717, 1.165) is 6.54 Å². The Kier molecular flexibility index (Phi) is 7.27. The molecule has 150 valence electrons. The predicted octanol–water partition coefficient (Wildman–Crippen LogP) is 1.66. The number of morpholine rings is 1. The first-order valence-corrected chi connectivity index (χ1v) is 8.27. The number of pyridine rings is 1. The number of nitrogens with one attached hydrogen (secondary N) is 2. The average molecular weight is 411 g/mol. The number of ether oxygens (including phenoxy) is 2. The number of methoxy groups -OCH3 is 1. The fraction of sp³-hybridized carbons (Fsp3) is 0.278. The van der Waals surface area contributed by atoms with E-state index in [1.807, 2.05) is 0 Å². The normalized spacial score (nSPS) is 16.0. The molecule has 0 bridgehead atoms. The lowest BCUT2D eigenvalue weighted by molar-refractivity contribution is 0.0275. The number of nitrogens with two attached hydrogens (primary N) is 1. The van der Waals surface area contributed by atoms with Crippen LogP contribution in [0.5, 0.6) is 5.88 Å². The highest BCUT2D eigenvalue weighted by molar-refractivity contribution is 6.06. The monoisotopic (exact) mass is 410 g/mol. The molecule has 0 saturated carbocycles. The Morgan fingerprint density at radius 1 is 1.36 bits per heavy atom. The average Bonchev–Trinajstić information content (AvgIpc) is 2.69. The van der Waals surface area contributed by atoms with Crippen LogP contribution in [0.4, 0.5) is 10.1 Å². The maximum absolute atomic E-state index is 14.4. The van der Waals surface area contributed by atoms with Crippen molar-refractivity contribution in [2.24, 2.45) is 5.73 Å². The number of carbonyl (C=O) groups is 2. The molecule has 1 aromatic carbocycles. The molecule has 1 saturated heterocycles. The van der Waals surface area contributed by atoms with Gasteiger partial charge in [-0.15, -0.1) is 12.4 Å². The molecular weight excluding hydrogens is 391 g/mol. The first kappa shape index (κ1) is 21.5. The van der Waals surface area contributed by atoms with E-state index >= 15 is 0 Å². The number of hydrogen-bond acceptors (Lipinski definition) is 6. The zero-order valence-corrected chi connectivity index (χ0v) is 15.8. The maximum Gasteiger partial charge on any atom is 0.267 e. The molecule has 2 amide bonds. The predicted molar refractivity (Wildman–Crippen MR) is 102 cm³/mol. The lowest BCUT2D eigenvalue weighted by Gasteiger charge is -2.24. The zero-order valence-electron chi connectivity index (χ0n) is 15.0. The van der Waals surface area contributed by atoms with Gasteiger partial charge in [0.15, 0.2) is 0 Å². The van der Waals surface area contributed by atoms with Gasteiger partial charge in [-0.05, 0) is 23.8 Å². The van der Waals surface area contributed by atoms with Gasteiger partial charge >= 0.3 is 0 Å². The fourth-order valence-corrected chi connectivity index (χ4v) is 2.67. The van der Waals surface area contributed by atoms with Crippen LogP contribution in [0.2, 0.25) is 0 Å². The van der Waals surface area contributed by atoms with Crippen LogP contribution in [0.25, 0.3) is 0 Å². The van der Waals surface area contributed by atoms with Crippen molar-refractivity contribution in [1.82, 2.24) is 10.3 Å².